The van der Waals surface area contributed by atoms with Crippen LogP contribution in [0, 0.1) is 0 Å². The molecule has 1 rings (SSSR count). The molecule has 72 valence electrons. The molecule has 1 aromatic carbocycles. The van der Waals surface area contributed by atoms with E-state index in [9.17, 15) is 0 Å². The van der Waals surface area contributed by atoms with Crippen LogP contribution in [-0.2, 0) is 0 Å². The summed E-state index contributed by atoms with van der Waals surface area (Å²) in [7, 11) is -0.356. The molecule has 13 heavy (non-hydrogen) atoms. The van der Waals surface area contributed by atoms with Crippen LogP contribution in [0.3, 0.4) is 0 Å². The van der Waals surface area contributed by atoms with Crippen molar-refractivity contribution in [3.05, 3.63) is 30.3 Å². The largest absolute Gasteiger partial charge is 0.396 e. The van der Waals surface area contributed by atoms with E-state index in [2.05, 4.69) is 12.1 Å². The summed E-state index contributed by atoms with van der Waals surface area (Å²) in [6.45, 7) is 0.418. The SMILES string of the molecule is OCCP(CCO)c1ccccc1. The fourth-order valence-corrected chi connectivity index (χ4v) is 3.07. The van der Waals surface area contributed by atoms with E-state index in [-0.39, 0.29) is 21.1 Å². The Morgan fingerprint density at radius 1 is 0.923 bits per heavy atom. The van der Waals surface area contributed by atoms with E-state index >= 15 is 0 Å². The molecule has 0 aromatic heterocycles. The highest BCUT2D eigenvalue weighted by Gasteiger charge is 2.08. The van der Waals surface area contributed by atoms with Gasteiger partial charge in [0.2, 0.25) is 0 Å². The molecule has 1 aromatic rings. The topological polar surface area (TPSA) is 40.5 Å². The van der Waals surface area contributed by atoms with Gasteiger partial charge in [0.25, 0.3) is 0 Å². The molecule has 2 N–H and O–H groups in total. The van der Waals surface area contributed by atoms with Crippen molar-refractivity contribution in [1.29, 1.82) is 0 Å². The Balaban J connectivity index is 2.64. The number of hydrogen-bond donors (Lipinski definition) is 2. The highest BCUT2D eigenvalue weighted by atomic mass is 31.1. The van der Waals surface area contributed by atoms with Crippen LogP contribution < -0.4 is 5.30 Å². The predicted molar refractivity (Wildman–Crippen MR) is 56.9 cm³/mol. The summed E-state index contributed by atoms with van der Waals surface area (Å²) in [4.78, 5) is 0. The van der Waals surface area contributed by atoms with Gasteiger partial charge in [0.1, 0.15) is 0 Å². The van der Waals surface area contributed by atoms with Gasteiger partial charge >= 0.3 is 0 Å². The van der Waals surface area contributed by atoms with E-state index in [1.165, 1.54) is 5.30 Å². The summed E-state index contributed by atoms with van der Waals surface area (Å²) in [6, 6.07) is 10.1. The summed E-state index contributed by atoms with van der Waals surface area (Å²) in [5.74, 6) is 0. The van der Waals surface area contributed by atoms with Gasteiger partial charge in [-0.3, -0.25) is 0 Å². The third-order valence-corrected chi connectivity index (χ3v) is 4.37. The maximum absolute atomic E-state index is 8.86. The first-order valence-electron chi connectivity index (χ1n) is 4.40. The molecule has 0 fully saturated rings. The molecule has 0 radical (unpaired) electrons. The van der Waals surface area contributed by atoms with Gasteiger partial charge in [-0.05, 0) is 17.6 Å². The predicted octanol–water partition coefficient (Wildman–Crippen LogP) is 0.778. The first-order valence-corrected chi connectivity index (χ1v) is 6.11. The molecule has 0 aliphatic rings. The van der Waals surface area contributed by atoms with Crippen molar-refractivity contribution in [2.24, 2.45) is 0 Å². The molecule has 0 unspecified atom stereocenters. The van der Waals surface area contributed by atoms with Crippen LogP contribution in [0.1, 0.15) is 0 Å². The lowest BCUT2D eigenvalue weighted by molar-refractivity contribution is 0.316. The van der Waals surface area contributed by atoms with Crippen LogP contribution in [0.15, 0.2) is 30.3 Å². The quantitative estimate of drug-likeness (QED) is 0.686. The number of aliphatic hydroxyl groups excluding tert-OH is 2. The molecule has 0 heterocycles. The minimum absolute atomic E-state index is 0.209. The molecular weight excluding hydrogens is 183 g/mol. The first-order chi connectivity index (χ1) is 6.38. The third-order valence-electron chi connectivity index (χ3n) is 1.86. The first kappa shape index (κ1) is 10.6. The fraction of sp³-hybridized carbons (Fsp3) is 0.400. The van der Waals surface area contributed by atoms with Gasteiger partial charge in [0.15, 0.2) is 0 Å². The number of aliphatic hydroxyl groups is 2. The Morgan fingerprint density at radius 3 is 1.92 bits per heavy atom. The summed E-state index contributed by atoms with van der Waals surface area (Å²) in [5.41, 5.74) is 0. The molecular formula is C10H15O2P. The van der Waals surface area contributed by atoms with E-state index < -0.39 is 0 Å². The van der Waals surface area contributed by atoms with Gasteiger partial charge < -0.3 is 10.2 Å². The van der Waals surface area contributed by atoms with Crippen LogP contribution in [0.4, 0.5) is 0 Å². The van der Waals surface area contributed by atoms with Gasteiger partial charge in [-0.1, -0.05) is 38.3 Å². The third kappa shape index (κ3) is 3.43. The molecule has 0 atom stereocenters. The van der Waals surface area contributed by atoms with E-state index in [1.807, 2.05) is 18.2 Å². The smallest absolute Gasteiger partial charge is 0.0473 e. The highest BCUT2D eigenvalue weighted by Crippen LogP contribution is 2.32. The maximum Gasteiger partial charge on any atom is 0.0473 e. The van der Waals surface area contributed by atoms with Crippen molar-refractivity contribution in [3.8, 4) is 0 Å². The van der Waals surface area contributed by atoms with Crippen molar-refractivity contribution in [1.82, 2.24) is 0 Å². The summed E-state index contributed by atoms with van der Waals surface area (Å²) in [5, 5.41) is 19.0. The molecule has 0 saturated carbocycles. The second kappa shape index (κ2) is 6.09. The van der Waals surface area contributed by atoms with E-state index in [0.717, 1.165) is 12.3 Å². The summed E-state index contributed by atoms with van der Waals surface area (Å²) in [6.07, 6.45) is 1.58. The lowest BCUT2D eigenvalue weighted by atomic mass is 10.4. The van der Waals surface area contributed by atoms with Crippen LogP contribution in [-0.4, -0.2) is 35.8 Å². The molecule has 0 amide bonds. The standard InChI is InChI=1S/C10H15O2P/c11-6-8-13(9-7-12)10-4-2-1-3-5-10/h1-5,11-12H,6-9H2. The Hall–Kier alpha value is -0.430. The zero-order valence-electron chi connectivity index (χ0n) is 7.56. The monoisotopic (exact) mass is 198 g/mol. The van der Waals surface area contributed by atoms with Crippen LogP contribution in [0.25, 0.3) is 0 Å². The van der Waals surface area contributed by atoms with Crippen molar-refractivity contribution in [2.45, 2.75) is 0 Å². The molecule has 0 spiro atoms. The molecule has 2 nitrogen and oxygen atoms in total. The van der Waals surface area contributed by atoms with Gasteiger partial charge in [0.05, 0.1) is 0 Å². The normalized spacial score (nSPS) is 10.7. The Labute approximate surface area is 80.0 Å². The lowest BCUT2D eigenvalue weighted by Crippen LogP contribution is -2.09. The molecule has 0 aliphatic heterocycles. The number of hydrogen-bond acceptors (Lipinski definition) is 2. The molecule has 0 saturated heterocycles. The van der Waals surface area contributed by atoms with E-state index in [0.29, 0.717) is 0 Å². The van der Waals surface area contributed by atoms with Crippen LogP contribution in [0.2, 0.25) is 0 Å². The van der Waals surface area contributed by atoms with Crippen molar-refractivity contribution >= 4 is 13.2 Å². The average Bonchev–Trinajstić information content (AvgIpc) is 2.19. The number of rotatable bonds is 5. The van der Waals surface area contributed by atoms with E-state index in [4.69, 9.17) is 10.2 Å². The number of benzene rings is 1. The van der Waals surface area contributed by atoms with Crippen molar-refractivity contribution in [3.63, 3.8) is 0 Å². The molecule has 0 aliphatic carbocycles. The maximum atomic E-state index is 8.86. The zero-order valence-corrected chi connectivity index (χ0v) is 8.45. The molecule has 3 heteroatoms. The lowest BCUT2D eigenvalue weighted by Gasteiger charge is -2.15. The Morgan fingerprint density at radius 2 is 1.46 bits per heavy atom. The van der Waals surface area contributed by atoms with Gasteiger partial charge in [-0.15, -0.1) is 0 Å². The summed E-state index contributed by atoms with van der Waals surface area (Å²) >= 11 is 0. The second-order valence-electron chi connectivity index (χ2n) is 2.77. The Bertz CT molecular complexity index is 220. The Kier molecular flexibility index (Phi) is 4.99. The fourth-order valence-electron chi connectivity index (χ4n) is 1.25. The zero-order chi connectivity index (χ0) is 9.52. The van der Waals surface area contributed by atoms with Crippen molar-refractivity contribution < 1.29 is 10.2 Å². The van der Waals surface area contributed by atoms with Crippen molar-refractivity contribution in [2.75, 3.05) is 25.5 Å². The average molecular weight is 198 g/mol. The minimum atomic E-state index is -0.356. The molecule has 0 bridgehead atoms. The van der Waals surface area contributed by atoms with Gasteiger partial charge in [0, 0.05) is 13.2 Å². The minimum Gasteiger partial charge on any atom is -0.396 e. The van der Waals surface area contributed by atoms with Crippen LogP contribution >= 0.6 is 7.92 Å². The summed E-state index contributed by atoms with van der Waals surface area (Å²) < 4.78 is 0. The highest BCUT2D eigenvalue weighted by molar-refractivity contribution is 7.65. The second-order valence-corrected chi connectivity index (χ2v) is 5.26. The van der Waals surface area contributed by atoms with Gasteiger partial charge in [-0.25, -0.2) is 0 Å². The van der Waals surface area contributed by atoms with Gasteiger partial charge in [-0.2, -0.15) is 0 Å². The van der Waals surface area contributed by atoms with Crippen LogP contribution in [0.5, 0.6) is 0 Å². The van der Waals surface area contributed by atoms with E-state index in [1.54, 1.807) is 0 Å².